The molecule has 1 aromatic rings. The van der Waals surface area contributed by atoms with Crippen LogP contribution in [-0.4, -0.2) is 32.6 Å². The number of anilines is 1. The Labute approximate surface area is 103 Å². The van der Waals surface area contributed by atoms with Gasteiger partial charge in [-0.05, 0) is 12.1 Å². The first-order valence-corrected chi connectivity index (χ1v) is 5.12. The van der Waals surface area contributed by atoms with Crippen molar-refractivity contribution in [2.45, 2.75) is 0 Å². The van der Waals surface area contributed by atoms with E-state index in [1.165, 1.54) is 20.2 Å². The van der Waals surface area contributed by atoms with Crippen molar-refractivity contribution >= 4 is 17.6 Å². The van der Waals surface area contributed by atoms with Crippen molar-refractivity contribution in [3.05, 3.63) is 29.8 Å². The summed E-state index contributed by atoms with van der Waals surface area (Å²) in [5.41, 5.74) is -0.315. The fourth-order valence-corrected chi connectivity index (χ4v) is 1.38. The minimum absolute atomic E-state index is 0.315. The van der Waals surface area contributed by atoms with Crippen LogP contribution in [0.4, 0.5) is 19.3 Å². The van der Waals surface area contributed by atoms with E-state index in [0.717, 1.165) is 17.0 Å². The number of para-hydroxylation sites is 1. The van der Waals surface area contributed by atoms with Gasteiger partial charge in [0.1, 0.15) is 17.3 Å². The molecular formula is C11H13F2N3O2. The van der Waals surface area contributed by atoms with Gasteiger partial charge in [-0.3, -0.25) is 10.1 Å². The van der Waals surface area contributed by atoms with E-state index in [0.29, 0.717) is 0 Å². The molecule has 0 bridgehead atoms. The normalized spacial score (nSPS) is 9.78. The average molecular weight is 257 g/mol. The van der Waals surface area contributed by atoms with Gasteiger partial charge in [-0.2, -0.15) is 0 Å². The second kappa shape index (κ2) is 5.95. The Bertz CT molecular complexity index is 445. The molecule has 0 aliphatic carbocycles. The molecule has 0 aliphatic heterocycles. The SMILES string of the molecule is CNC(=O)NC(=O)CN(C)c1c(F)cccc1F. The lowest BCUT2D eigenvalue weighted by Crippen LogP contribution is -2.42. The zero-order chi connectivity index (χ0) is 13.7. The van der Waals surface area contributed by atoms with Gasteiger partial charge in [-0.1, -0.05) is 6.07 Å². The summed E-state index contributed by atoms with van der Waals surface area (Å²) in [6.07, 6.45) is 0. The van der Waals surface area contributed by atoms with Gasteiger partial charge in [0.2, 0.25) is 5.91 Å². The van der Waals surface area contributed by atoms with E-state index in [-0.39, 0.29) is 12.2 Å². The number of carbonyl (C=O) groups is 2. The molecule has 2 N–H and O–H groups in total. The highest BCUT2D eigenvalue weighted by Gasteiger charge is 2.16. The van der Waals surface area contributed by atoms with Crippen molar-refractivity contribution in [1.29, 1.82) is 0 Å². The second-order valence-electron chi connectivity index (χ2n) is 3.55. The van der Waals surface area contributed by atoms with E-state index in [1.54, 1.807) is 0 Å². The first-order valence-electron chi connectivity index (χ1n) is 5.12. The molecule has 1 aromatic carbocycles. The van der Waals surface area contributed by atoms with E-state index in [1.807, 2.05) is 5.32 Å². The Hall–Kier alpha value is -2.18. The zero-order valence-electron chi connectivity index (χ0n) is 9.96. The summed E-state index contributed by atoms with van der Waals surface area (Å²) < 4.78 is 26.8. The van der Waals surface area contributed by atoms with E-state index in [4.69, 9.17) is 0 Å². The molecule has 0 aliphatic rings. The van der Waals surface area contributed by atoms with Crippen molar-refractivity contribution in [1.82, 2.24) is 10.6 Å². The topological polar surface area (TPSA) is 61.4 Å². The van der Waals surface area contributed by atoms with Crippen LogP contribution in [0, 0.1) is 11.6 Å². The standard InChI is InChI=1S/C11H13F2N3O2/c1-14-11(18)15-9(17)6-16(2)10-7(12)4-3-5-8(10)13/h3-5H,6H2,1-2H3,(H2,14,15,17,18). The third-order valence-corrected chi connectivity index (χ3v) is 2.18. The first kappa shape index (κ1) is 13.9. The molecule has 7 heteroatoms. The molecule has 0 atom stereocenters. The van der Waals surface area contributed by atoms with Gasteiger partial charge in [0, 0.05) is 14.1 Å². The summed E-state index contributed by atoms with van der Waals surface area (Å²) in [7, 11) is 2.70. The Kier molecular flexibility index (Phi) is 4.59. The van der Waals surface area contributed by atoms with E-state index in [9.17, 15) is 18.4 Å². The number of amides is 3. The Balaban J connectivity index is 2.74. The molecule has 18 heavy (non-hydrogen) atoms. The van der Waals surface area contributed by atoms with Gasteiger partial charge in [0.15, 0.2) is 0 Å². The Morgan fingerprint density at radius 3 is 2.33 bits per heavy atom. The summed E-state index contributed by atoms with van der Waals surface area (Å²) in [4.78, 5) is 23.3. The highest BCUT2D eigenvalue weighted by Crippen LogP contribution is 2.21. The molecule has 5 nitrogen and oxygen atoms in total. The minimum Gasteiger partial charge on any atom is -0.361 e. The summed E-state index contributed by atoms with van der Waals surface area (Å²) in [5.74, 6) is -2.21. The summed E-state index contributed by atoms with van der Waals surface area (Å²) >= 11 is 0. The lowest BCUT2D eigenvalue weighted by Gasteiger charge is -2.19. The van der Waals surface area contributed by atoms with Crippen LogP contribution in [0.15, 0.2) is 18.2 Å². The number of carbonyl (C=O) groups excluding carboxylic acids is 2. The third-order valence-electron chi connectivity index (χ3n) is 2.18. The van der Waals surface area contributed by atoms with Crippen LogP contribution in [-0.2, 0) is 4.79 Å². The van der Waals surface area contributed by atoms with Crippen LogP contribution < -0.4 is 15.5 Å². The van der Waals surface area contributed by atoms with Crippen molar-refractivity contribution in [3.8, 4) is 0 Å². The highest BCUT2D eigenvalue weighted by molar-refractivity contribution is 5.96. The third kappa shape index (κ3) is 3.41. The number of imide groups is 1. The minimum atomic E-state index is -0.773. The van der Waals surface area contributed by atoms with Crippen LogP contribution in [0.25, 0.3) is 0 Å². The number of hydrogen-bond acceptors (Lipinski definition) is 3. The van der Waals surface area contributed by atoms with Gasteiger partial charge in [0.05, 0.1) is 6.54 Å². The molecule has 3 amide bonds. The van der Waals surface area contributed by atoms with Crippen LogP contribution in [0.1, 0.15) is 0 Å². The lowest BCUT2D eigenvalue weighted by atomic mass is 10.2. The fourth-order valence-electron chi connectivity index (χ4n) is 1.38. The van der Waals surface area contributed by atoms with Crippen molar-refractivity contribution < 1.29 is 18.4 Å². The average Bonchev–Trinajstić information content (AvgIpc) is 2.28. The molecule has 0 saturated heterocycles. The number of rotatable bonds is 3. The molecule has 0 aromatic heterocycles. The maximum Gasteiger partial charge on any atom is 0.321 e. The number of halogens is 2. The second-order valence-corrected chi connectivity index (χ2v) is 3.55. The van der Waals surface area contributed by atoms with Crippen LogP contribution >= 0.6 is 0 Å². The van der Waals surface area contributed by atoms with Crippen molar-refractivity contribution in [2.75, 3.05) is 25.5 Å². The maximum atomic E-state index is 13.4. The van der Waals surface area contributed by atoms with E-state index < -0.39 is 23.6 Å². The number of urea groups is 1. The largest absolute Gasteiger partial charge is 0.361 e. The predicted molar refractivity (Wildman–Crippen MR) is 62.2 cm³/mol. The van der Waals surface area contributed by atoms with Crippen LogP contribution in [0.5, 0.6) is 0 Å². The van der Waals surface area contributed by atoms with E-state index in [2.05, 4.69) is 5.32 Å². The molecule has 0 unspecified atom stereocenters. The number of benzene rings is 1. The number of hydrogen-bond donors (Lipinski definition) is 2. The zero-order valence-corrected chi connectivity index (χ0v) is 9.96. The fraction of sp³-hybridized carbons (Fsp3) is 0.273. The van der Waals surface area contributed by atoms with Gasteiger partial charge in [-0.15, -0.1) is 0 Å². The van der Waals surface area contributed by atoms with Gasteiger partial charge in [-0.25, -0.2) is 13.6 Å². The molecule has 98 valence electrons. The molecule has 0 radical (unpaired) electrons. The molecule has 0 fully saturated rings. The van der Waals surface area contributed by atoms with Crippen LogP contribution in [0.2, 0.25) is 0 Å². The Morgan fingerprint density at radius 1 is 1.28 bits per heavy atom. The van der Waals surface area contributed by atoms with Crippen molar-refractivity contribution in [3.63, 3.8) is 0 Å². The maximum absolute atomic E-state index is 13.4. The summed E-state index contributed by atoms with van der Waals surface area (Å²) in [6.45, 7) is -0.342. The molecule has 0 heterocycles. The number of nitrogens with zero attached hydrogens (tertiary/aromatic N) is 1. The predicted octanol–water partition coefficient (Wildman–Crippen LogP) is 0.857. The molecule has 0 saturated carbocycles. The molecule has 0 spiro atoms. The van der Waals surface area contributed by atoms with Gasteiger partial charge < -0.3 is 10.2 Å². The van der Waals surface area contributed by atoms with Crippen LogP contribution in [0.3, 0.4) is 0 Å². The Morgan fingerprint density at radius 2 is 1.83 bits per heavy atom. The van der Waals surface area contributed by atoms with E-state index >= 15 is 0 Å². The molecular weight excluding hydrogens is 244 g/mol. The number of nitrogens with one attached hydrogen (secondary N) is 2. The quantitative estimate of drug-likeness (QED) is 0.844. The monoisotopic (exact) mass is 257 g/mol. The highest BCUT2D eigenvalue weighted by atomic mass is 19.1. The smallest absolute Gasteiger partial charge is 0.321 e. The summed E-state index contributed by atoms with van der Waals surface area (Å²) in [6, 6.07) is 2.73. The van der Waals surface area contributed by atoms with Gasteiger partial charge in [0.25, 0.3) is 0 Å². The molecule has 1 rings (SSSR count). The lowest BCUT2D eigenvalue weighted by molar-refractivity contribution is -0.118. The van der Waals surface area contributed by atoms with Crippen molar-refractivity contribution in [2.24, 2.45) is 0 Å². The van der Waals surface area contributed by atoms with Gasteiger partial charge >= 0.3 is 6.03 Å². The number of likely N-dealkylation sites (N-methyl/N-ethyl adjacent to an activating group) is 1. The summed E-state index contributed by atoms with van der Waals surface area (Å²) in [5, 5.41) is 4.19. The first-order chi connectivity index (χ1) is 8.45.